The number of methoxy groups -OCH3 is 2. The molecule has 2 aromatic carbocycles. The number of rotatable bonds is 6. The topological polar surface area (TPSA) is 78.3 Å². The number of aryl methyl sites for hydroxylation is 1. The van der Waals surface area contributed by atoms with Crippen LogP contribution in [0.5, 0.6) is 11.5 Å². The lowest BCUT2D eigenvalue weighted by Gasteiger charge is -2.08. The van der Waals surface area contributed by atoms with Crippen molar-refractivity contribution in [1.82, 2.24) is 14.8 Å². The molecular formula is C24H26N4O3. The SMILES string of the molecule is COc1ccc(OC)c(C=CC(=O)Nc2ccc(-c3nnc4n3CCCCC4)cc2)c1. The summed E-state index contributed by atoms with van der Waals surface area (Å²) in [5.74, 6) is 3.08. The summed E-state index contributed by atoms with van der Waals surface area (Å²) in [6.07, 6.45) is 7.70. The fraction of sp³-hybridized carbons (Fsp3) is 0.292. The van der Waals surface area contributed by atoms with Gasteiger partial charge in [0.1, 0.15) is 17.3 Å². The van der Waals surface area contributed by atoms with Gasteiger partial charge in [0.25, 0.3) is 0 Å². The number of carbonyl (C=O) groups excluding carboxylic acids is 1. The Morgan fingerprint density at radius 3 is 2.65 bits per heavy atom. The number of benzene rings is 2. The first-order valence-corrected chi connectivity index (χ1v) is 10.4. The number of ether oxygens (including phenoxy) is 2. The van der Waals surface area contributed by atoms with Crippen LogP contribution in [-0.2, 0) is 17.8 Å². The summed E-state index contributed by atoms with van der Waals surface area (Å²) in [5, 5.41) is 11.6. The van der Waals surface area contributed by atoms with Crippen LogP contribution in [0, 0.1) is 0 Å². The van der Waals surface area contributed by atoms with Crippen LogP contribution < -0.4 is 14.8 Å². The Labute approximate surface area is 181 Å². The molecule has 1 N–H and O–H groups in total. The van der Waals surface area contributed by atoms with Crippen LogP contribution in [0.15, 0.2) is 48.5 Å². The molecule has 3 aromatic rings. The van der Waals surface area contributed by atoms with Crippen LogP contribution in [0.4, 0.5) is 5.69 Å². The maximum Gasteiger partial charge on any atom is 0.248 e. The van der Waals surface area contributed by atoms with Crippen LogP contribution in [0.3, 0.4) is 0 Å². The standard InChI is InChI=1S/C24H26N4O3/c1-30-20-12-13-21(31-2)18(16-20)9-14-23(29)25-19-10-7-17(8-11-19)24-27-26-22-6-4-3-5-15-28(22)24/h7-14,16H,3-6,15H2,1-2H3,(H,25,29). The fourth-order valence-corrected chi connectivity index (χ4v) is 3.72. The summed E-state index contributed by atoms with van der Waals surface area (Å²) in [7, 11) is 3.19. The Morgan fingerprint density at radius 2 is 1.87 bits per heavy atom. The first kappa shape index (κ1) is 20.7. The van der Waals surface area contributed by atoms with Crippen molar-refractivity contribution in [3.8, 4) is 22.9 Å². The Kier molecular flexibility index (Phi) is 6.31. The van der Waals surface area contributed by atoms with Gasteiger partial charge in [0.05, 0.1) is 14.2 Å². The molecule has 160 valence electrons. The van der Waals surface area contributed by atoms with Crippen LogP contribution in [0.1, 0.15) is 30.7 Å². The van der Waals surface area contributed by atoms with E-state index in [4.69, 9.17) is 9.47 Å². The van der Waals surface area contributed by atoms with E-state index >= 15 is 0 Å². The second-order valence-corrected chi connectivity index (χ2v) is 7.41. The van der Waals surface area contributed by atoms with Crippen LogP contribution in [-0.4, -0.2) is 34.9 Å². The van der Waals surface area contributed by atoms with Crippen molar-refractivity contribution in [2.45, 2.75) is 32.2 Å². The molecule has 4 rings (SSSR count). The second-order valence-electron chi connectivity index (χ2n) is 7.41. The molecule has 7 heteroatoms. The quantitative estimate of drug-likeness (QED) is 0.603. The lowest BCUT2D eigenvalue weighted by Crippen LogP contribution is -2.07. The first-order valence-electron chi connectivity index (χ1n) is 10.4. The predicted molar refractivity (Wildman–Crippen MR) is 120 cm³/mol. The average molecular weight is 418 g/mol. The molecule has 0 saturated heterocycles. The molecule has 31 heavy (non-hydrogen) atoms. The minimum atomic E-state index is -0.228. The first-order chi connectivity index (χ1) is 15.2. The number of hydrogen-bond donors (Lipinski definition) is 1. The van der Waals surface area contributed by atoms with E-state index < -0.39 is 0 Å². The lowest BCUT2D eigenvalue weighted by atomic mass is 10.1. The van der Waals surface area contributed by atoms with Crippen molar-refractivity contribution in [1.29, 1.82) is 0 Å². The van der Waals surface area contributed by atoms with E-state index in [9.17, 15) is 4.79 Å². The summed E-state index contributed by atoms with van der Waals surface area (Å²) in [5.41, 5.74) is 2.47. The van der Waals surface area contributed by atoms with E-state index in [1.54, 1.807) is 26.4 Å². The molecule has 0 unspecified atom stereocenters. The molecule has 0 saturated carbocycles. The van der Waals surface area contributed by atoms with Crippen molar-refractivity contribution < 1.29 is 14.3 Å². The third-order valence-electron chi connectivity index (χ3n) is 5.37. The molecule has 0 radical (unpaired) electrons. The van der Waals surface area contributed by atoms with E-state index in [1.165, 1.54) is 12.5 Å². The molecule has 0 bridgehead atoms. The maximum absolute atomic E-state index is 12.4. The minimum absolute atomic E-state index is 0.228. The van der Waals surface area contributed by atoms with Gasteiger partial charge in [-0.3, -0.25) is 4.79 Å². The second kappa shape index (κ2) is 9.47. The van der Waals surface area contributed by atoms with Gasteiger partial charge in [-0.15, -0.1) is 10.2 Å². The highest BCUT2D eigenvalue weighted by Crippen LogP contribution is 2.26. The zero-order valence-electron chi connectivity index (χ0n) is 17.8. The van der Waals surface area contributed by atoms with Crippen LogP contribution >= 0.6 is 0 Å². The number of amides is 1. The van der Waals surface area contributed by atoms with E-state index in [1.807, 2.05) is 36.4 Å². The largest absolute Gasteiger partial charge is 0.497 e. The molecular weight excluding hydrogens is 392 g/mol. The Bertz CT molecular complexity index is 1090. The zero-order valence-corrected chi connectivity index (χ0v) is 17.8. The Morgan fingerprint density at radius 1 is 1.03 bits per heavy atom. The van der Waals surface area contributed by atoms with E-state index in [-0.39, 0.29) is 5.91 Å². The van der Waals surface area contributed by atoms with Gasteiger partial charge < -0.3 is 19.4 Å². The number of aromatic nitrogens is 3. The van der Waals surface area contributed by atoms with Crippen molar-refractivity contribution in [3.63, 3.8) is 0 Å². The summed E-state index contributed by atoms with van der Waals surface area (Å²) in [6, 6.07) is 13.1. The van der Waals surface area contributed by atoms with Gasteiger partial charge in [-0.25, -0.2) is 0 Å². The van der Waals surface area contributed by atoms with Gasteiger partial charge in [0, 0.05) is 35.9 Å². The molecule has 0 spiro atoms. The van der Waals surface area contributed by atoms with Crippen molar-refractivity contribution in [3.05, 3.63) is 59.9 Å². The molecule has 2 heterocycles. The van der Waals surface area contributed by atoms with Gasteiger partial charge in [-0.05, 0) is 61.4 Å². The highest BCUT2D eigenvalue weighted by atomic mass is 16.5. The molecule has 1 aliphatic heterocycles. The summed E-state index contributed by atoms with van der Waals surface area (Å²) < 4.78 is 12.8. The van der Waals surface area contributed by atoms with Crippen molar-refractivity contribution in [2.75, 3.05) is 19.5 Å². The number of nitrogens with one attached hydrogen (secondary N) is 1. The summed E-state index contributed by atoms with van der Waals surface area (Å²) in [6.45, 7) is 0.953. The van der Waals surface area contributed by atoms with Crippen molar-refractivity contribution >= 4 is 17.7 Å². The third kappa shape index (κ3) is 4.77. The molecule has 7 nitrogen and oxygen atoms in total. The number of nitrogens with zero attached hydrogens (tertiary/aromatic N) is 3. The maximum atomic E-state index is 12.4. The Balaban J connectivity index is 1.44. The Hall–Kier alpha value is -3.61. The zero-order chi connectivity index (χ0) is 21.6. The summed E-state index contributed by atoms with van der Waals surface area (Å²) >= 11 is 0. The van der Waals surface area contributed by atoms with Gasteiger partial charge in [-0.1, -0.05) is 6.42 Å². The minimum Gasteiger partial charge on any atom is -0.497 e. The molecule has 0 fully saturated rings. The highest BCUT2D eigenvalue weighted by molar-refractivity contribution is 6.02. The smallest absolute Gasteiger partial charge is 0.248 e. The fourth-order valence-electron chi connectivity index (χ4n) is 3.72. The third-order valence-corrected chi connectivity index (χ3v) is 5.37. The van der Waals surface area contributed by atoms with Crippen molar-refractivity contribution in [2.24, 2.45) is 0 Å². The number of fused-ring (bicyclic) bond motifs is 1. The summed E-state index contributed by atoms with van der Waals surface area (Å²) in [4.78, 5) is 12.4. The monoisotopic (exact) mass is 418 g/mol. The van der Waals surface area contributed by atoms with Crippen LogP contribution in [0.25, 0.3) is 17.5 Å². The lowest BCUT2D eigenvalue weighted by molar-refractivity contribution is -0.111. The van der Waals surface area contributed by atoms with Gasteiger partial charge >= 0.3 is 0 Å². The molecule has 1 aliphatic rings. The van der Waals surface area contributed by atoms with Crippen LogP contribution in [0.2, 0.25) is 0 Å². The normalized spacial score (nSPS) is 13.5. The average Bonchev–Trinajstić information content (AvgIpc) is 3.05. The molecule has 0 aliphatic carbocycles. The molecule has 1 amide bonds. The number of carbonyl (C=O) groups is 1. The highest BCUT2D eigenvalue weighted by Gasteiger charge is 2.15. The number of anilines is 1. The van der Waals surface area contributed by atoms with E-state index in [0.29, 0.717) is 17.2 Å². The van der Waals surface area contributed by atoms with Gasteiger partial charge in [0.15, 0.2) is 5.82 Å². The number of hydrogen-bond acceptors (Lipinski definition) is 5. The predicted octanol–water partition coefficient (Wildman–Crippen LogP) is 4.34. The molecule has 1 aromatic heterocycles. The van der Waals surface area contributed by atoms with Gasteiger partial charge in [-0.2, -0.15) is 0 Å². The van der Waals surface area contributed by atoms with E-state index in [0.717, 1.165) is 48.6 Å². The van der Waals surface area contributed by atoms with Gasteiger partial charge in [0.2, 0.25) is 5.91 Å². The van der Waals surface area contributed by atoms with E-state index in [2.05, 4.69) is 20.1 Å². The molecule has 0 atom stereocenters.